The molecular weight excluding hydrogens is 118 g/mol. The molecule has 0 aromatic rings. The Labute approximate surface area is 55.2 Å². The third-order valence-electron chi connectivity index (χ3n) is 1.36. The van der Waals surface area contributed by atoms with Gasteiger partial charge in [-0.25, -0.2) is 0 Å². The van der Waals surface area contributed by atoms with Crippen molar-refractivity contribution in [3.63, 3.8) is 0 Å². The third kappa shape index (κ3) is 2.46. The minimum absolute atomic E-state index is 0.127. The van der Waals surface area contributed by atoms with Crippen molar-refractivity contribution in [3.8, 4) is 0 Å². The summed E-state index contributed by atoms with van der Waals surface area (Å²) in [5, 5.41) is 0. The van der Waals surface area contributed by atoms with Crippen LogP contribution in [0.15, 0.2) is 0 Å². The van der Waals surface area contributed by atoms with Crippen LogP contribution in [0.25, 0.3) is 0 Å². The zero-order chi connectivity index (χ0) is 7.44. The van der Waals surface area contributed by atoms with E-state index < -0.39 is 0 Å². The number of hydrogen-bond acceptors (Lipinski definition) is 3. The normalized spacial score (nSPS) is 16.4. The van der Waals surface area contributed by atoms with E-state index in [1.165, 1.54) is 7.11 Å². The van der Waals surface area contributed by atoms with Gasteiger partial charge >= 0.3 is 5.97 Å². The standard InChI is InChI=1S/C6H13NO2/c1-4(5(2)7)6(8)9-3/h4-5H,7H2,1-3H3/t4?,5-/m0/s1. The van der Waals surface area contributed by atoms with Crippen molar-refractivity contribution in [2.45, 2.75) is 19.9 Å². The second-order valence-electron chi connectivity index (χ2n) is 2.17. The monoisotopic (exact) mass is 131 g/mol. The summed E-state index contributed by atoms with van der Waals surface area (Å²) < 4.78 is 4.45. The minimum atomic E-state index is -0.245. The molecule has 54 valence electrons. The summed E-state index contributed by atoms with van der Waals surface area (Å²) in [7, 11) is 1.36. The van der Waals surface area contributed by atoms with E-state index >= 15 is 0 Å². The van der Waals surface area contributed by atoms with Crippen LogP contribution in [0.3, 0.4) is 0 Å². The average Bonchev–Trinajstić information content (AvgIpc) is 1.84. The Hall–Kier alpha value is -0.570. The average molecular weight is 131 g/mol. The summed E-state index contributed by atoms with van der Waals surface area (Å²) in [6.07, 6.45) is 0. The molecule has 2 N–H and O–H groups in total. The first-order valence-electron chi connectivity index (χ1n) is 2.93. The highest BCUT2D eigenvalue weighted by Crippen LogP contribution is 2.00. The summed E-state index contributed by atoms with van der Waals surface area (Å²) >= 11 is 0. The lowest BCUT2D eigenvalue weighted by molar-refractivity contribution is -0.145. The highest BCUT2D eigenvalue weighted by molar-refractivity contribution is 5.72. The number of esters is 1. The van der Waals surface area contributed by atoms with E-state index in [9.17, 15) is 4.79 Å². The number of rotatable bonds is 2. The molecule has 9 heavy (non-hydrogen) atoms. The molecule has 0 amide bonds. The van der Waals surface area contributed by atoms with Gasteiger partial charge < -0.3 is 10.5 Å². The molecule has 0 saturated carbocycles. The molecule has 0 aliphatic carbocycles. The van der Waals surface area contributed by atoms with Crippen molar-refractivity contribution in [2.75, 3.05) is 7.11 Å². The van der Waals surface area contributed by atoms with Crippen molar-refractivity contribution in [3.05, 3.63) is 0 Å². The van der Waals surface area contributed by atoms with Crippen LogP contribution in [0.4, 0.5) is 0 Å². The van der Waals surface area contributed by atoms with Gasteiger partial charge in [0.25, 0.3) is 0 Å². The number of carbonyl (C=O) groups excluding carboxylic acids is 1. The van der Waals surface area contributed by atoms with Crippen LogP contribution in [0.1, 0.15) is 13.8 Å². The molecule has 0 bridgehead atoms. The molecule has 2 atom stereocenters. The highest BCUT2D eigenvalue weighted by Gasteiger charge is 2.16. The smallest absolute Gasteiger partial charge is 0.309 e. The summed E-state index contributed by atoms with van der Waals surface area (Å²) in [5.41, 5.74) is 5.41. The van der Waals surface area contributed by atoms with Gasteiger partial charge in [-0.05, 0) is 6.92 Å². The first-order valence-corrected chi connectivity index (χ1v) is 2.93. The summed E-state index contributed by atoms with van der Waals surface area (Å²) in [6, 6.07) is -0.127. The van der Waals surface area contributed by atoms with Crippen molar-refractivity contribution in [2.24, 2.45) is 11.7 Å². The van der Waals surface area contributed by atoms with Crippen LogP contribution in [-0.2, 0) is 9.53 Å². The zero-order valence-electron chi connectivity index (χ0n) is 6.05. The second-order valence-corrected chi connectivity index (χ2v) is 2.17. The Bertz CT molecular complexity index is 101. The van der Waals surface area contributed by atoms with Crippen molar-refractivity contribution in [1.82, 2.24) is 0 Å². The molecule has 0 fully saturated rings. The molecule has 0 rings (SSSR count). The largest absolute Gasteiger partial charge is 0.469 e. The van der Waals surface area contributed by atoms with Gasteiger partial charge in [0.2, 0.25) is 0 Å². The zero-order valence-corrected chi connectivity index (χ0v) is 6.05. The number of hydrogen-bond donors (Lipinski definition) is 1. The Balaban J connectivity index is 3.72. The van der Waals surface area contributed by atoms with Gasteiger partial charge in [0.1, 0.15) is 0 Å². The second kappa shape index (κ2) is 3.45. The van der Waals surface area contributed by atoms with Gasteiger partial charge in [-0.2, -0.15) is 0 Å². The SMILES string of the molecule is COC(=O)C(C)[C@H](C)N. The molecule has 1 unspecified atom stereocenters. The van der Waals surface area contributed by atoms with Gasteiger partial charge in [-0.1, -0.05) is 6.92 Å². The molecule has 3 heteroatoms. The first kappa shape index (κ1) is 8.43. The van der Waals surface area contributed by atoms with E-state index in [-0.39, 0.29) is 17.9 Å². The fourth-order valence-corrected chi connectivity index (χ4v) is 0.401. The van der Waals surface area contributed by atoms with E-state index in [1.807, 2.05) is 0 Å². The van der Waals surface area contributed by atoms with Crippen LogP contribution in [0.5, 0.6) is 0 Å². The number of methoxy groups -OCH3 is 1. The predicted octanol–water partition coefficient (Wildman–Crippen LogP) is 0.143. The van der Waals surface area contributed by atoms with Crippen LogP contribution in [0.2, 0.25) is 0 Å². The van der Waals surface area contributed by atoms with Crippen molar-refractivity contribution >= 4 is 5.97 Å². The van der Waals surface area contributed by atoms with Crippen LogP contribution >= 0.6 is 0 Å². The van der Waals surface area contributed by atoms with E-state index in [2.05, 4.69) is 4.74 Å². The number of ether oxygens (including phenoxy) is 1. The maximum Gasteiger partial charge on any atom is 0.309 e. The van der Waals surface area contributed by atoms with E-state index in [0.29, 0.717) is 0 Å². The molecule has 0 heterocycles. The van der Waals surface area contributed by atoms with Gasteiger partial charge in [0, 0.05) is 6.04 Å². The van der Waals surface area contributed by atoms with Gasteiger partial charge in [-0.3, -0.25) is 4.79 Å². The summed E-state index contributed by atoms with van der Waals surface area (Å²) in [4.78, 5) is 10.7. The van der Waals surface area contributed by atoms with Crippen LogP contribution < -0.4 is 5.73 Å². The topological polar surface area (TPSA) is 52.3 Å². The number of nitrogens with two attached hydrogens (primary N) is 1. The van der Waals surface area contributed by atoms with Crippen LogP contribution in [0, 0.1) is 5.92 Å². The first-order chi connectivity index (χ1) is 4.09. The minimum Gasteiger partial charge on any atom is -0.469 e. The van der Waals surface area contributed by atoms with Crippen molar-refractivity contribution in [1.29, 1.82) is 0 Å². The molecule has 0 spiro atoms. The lowest BCUT2D eigenvalue weighted by atomic mass is 10.1. The molecule has 0 aliphatic rings. The Morgan fingerprint density at radius 2 is 2.00 bits per heavy atom. The van der Waals surface area contributed by atoms with Gasteiger partial charge in [0.05, 0.1) is 13.0 Å². The molecule has 0 aliphatic heterocycles. The molecule has 3 nitrogen and oxygen atoms in total. The predicted molar refractivity (Wildman–Crippen MR) is 34.8 cm³/mol. The van der Waals surface area contributed by atoms with Gasteiger partial charge in [-0.15, -0.1) is 0 Å². The Kier molecular flexibility index (Phi) is 3.24. The quantitative estimate of drug-likeness (QED) is 0.542. The Morgan fingerprint density at radius 3 is 2.11 bits per heavy atom. The lowest BCUT2D eigenvalue weighted by Crippen LogP contribution is -2.31. The maximum atomic E-state index is 10.7. The highest BCUT2D eigenvalue weighted by atomic mass is 16.5. The van der Waals surface area contributed by atoms with E-state index in [1.54, 1.807) is 13.8 Å². The third-order valence-corrected chi connectivity index (χ3v) is 1.36. The number of carbonyl (C=O) groups is 1. The van der Waals surface area contributed by atoms with Crippen LogP contribution in [-0.4, -0.2) is 19.1 Å². The van der Waals surface area contributed by atoms with E-state index in [0.717, 1.165) is 0 Å². The lowest BCUT2D eigenvalue weighted by Gasteiger charge is -2.11. The molecule has 0 saturated heterocycles. The fraction of sp³-hybridized carbons (Fsp3) is 0.833. The van der Waals surface area contributed by atoms with E-state index in [4.69, 9.17) is 5.73 Å². The summed E-state index contributed by atoms with van der Waals surface area (Å²) in [5.74, 6) is -0.444. The fourth-order valence-electron chi connectivity index (χ4n) is 0.401. The molecule has 0 aromatic carbocycles. The molecule has 0 radical (unpaired) electrons. The maximum absolute atomic E-state index is 10.7. The molecular formula is C6H13NO2. The van der Waals surface area contributed by atoms with Gasteiger partial charge in [0.15, 0.2) is 0 Å². The Morgan fingerprint density at radius 1 is 1.56 bits per heavy atom. The molecule has 0 aromatic heterocycles. The van der Waals surface area contributed by atoms with Crippen molar-refractivity contribution < 1.29 is 9.53 Å². The summed E-state index contributed by atoms with van der Waals surface area (Å²) in [6.45, 7) is 3.53.